The van der Waals surface area contributed by atoms with Crippen LogP contribution in [0.2, 0.25) is 5.02 Å². The van der Waals surface area contributed by atoms with Crippen LogP contribution < -0.4 is 10.9 Å². The average Bonchev–Trinajstić information content (AvgIpc) is 2.41. The number of nitrogens with one attached hydrogen (secondary N) is 1. The van der Waals surface area contributed by atoms with Gasteiger partial charge in [-0.15, -0.1) is 0 Å². The average molecular weight is 284 g/mol. The molecule has 1 N–H and O–H groups in total. The third-order valence-electron chi connectivity index (χ3n) is 3.91. The molecule has 2 unspecified atom stereocenters. The van der Waals surface area contributed by atoms with Gasteiger partial charge in [0.25, 0.3) is 5.56 Å². The van der Waals surface area contributed by atoms with Crippen LogP contribution in [0, 0.1) is 11.8 Å². The van der Waals surface area contributed by atoms with E-state index >= 15 is 0 Å². The van der Waals surface area contributed by atoms with Gasteiger partial charge in [0.05, 0.1) is 11.9 Å². The van der Waals surface area contributed by atoms with E-state index in [9.17, 15) is 4.79 Å². The molecular formula is C14H22ClN3O. The molecule has 0 radical (unpaired) electrons. The van der Waals surface area contributed by atoms with Crippen LogP contribution in [-0.4, -0.2) is 16.3 Å². The van der Waals surface area contributed by atoms with Crippen molar-refractivity contribution in [2.45, 2.75) is 46.1 Å². The normalized spacial score (nSPS) is 23.3. The highest BCUT2D eigenvalue weighted by Gasteiger charge is 2.19. The minimum atomic E-state index is -0.217. The second-order valence-electron chi connectivity index (χ2n) is 5.51. The smallest absolute Gasteiger partial charge is 0.287 e. The van der Waals surface area contributed by atoms with Gasteiger partial charge in [0.15, 0.2) is 0 Å². The van der Waals surface area contributed by atoms with Crippen molar-refractivity contribution in [2.75, 3.05) is 11.9 Å². The number of halogens is 1. The van der Waals surface area contributed by atoms with Gasteiger partial charge in [0.2, 0.25) is 0 Å². The Kier molecular flexibility index (Phi) is 4.86. The predicted octanol–water partition coefficient (Wildman–Crippen LogP) is 3.15. The molecule has 106 valence electrons. The number of hydrogen-bond acceptors (Lipinski definition) is 3. The van der Waals surface area contributed by atoms with Gasteiger partial charge in [-0.1, -0.05) is 31.4 Å². The van der Waals surface area contributed by atoms with Crippen molar-refractivity contribution in [3.63, 3.8) is 0 Å². The lowest BCUT2D eigenvalue weighted by Crippen LogP contribution is -2.25. The molecule has 0 aromatic carbocycles. The quantitative estimate of drug-likeness (QED) is 0.923. The van der Waals surface area contributed by atoms with E-state index in [0.717, 1.165) is 12.5 Å². The summed E-state index contributed by atoms with van der Waals surface area (Å²) in [5.74, 6) is 1.48. The van der Waals surface area contributed by atoms with Gasteiger partial charge in [0.1, 0.15) is 5.02 Å². The molecular weight excluding hydrogens is 262 g/mol. The molecule has 0 aliphatic heterocycles. The highest BCUT2D eigenvalue weighted by molar-refractivity contribution is 6.32. The molecule has 2 atom stereocenters. The Balaban J connectivity index is 2.00. The number of rotatable bonds is 4. The summed E-state index contributed by atoms with van der Waals surface area (Å²) in [6.45, 7) is 5.60. The molecule has 2 rings (SSSR count). The Morgan fingerprint density at radius 1 is 1.53 bits per heavy atom. The summed E-state index contributed by atoms with van der Waals surface area (Å²) in [5, 5.41) is 7.63. The fourth-order valence-corrected chi connectivity index (χ4v) is 3.03. The second kappa shape index (κ2) is 6.42. The third kappa shape index (κ3) is 3.50. The van der Waals surface area contributed by atoms with Crippen LogP contribution >= 0.6 is 11.6 Å². The van der Waals surface area contributed by atoms with Crippen LogP contribution in [-0.2, 0) is 6.54 Å². The van der Waals surface area contributed by atoms with Crippen molar-refractivity contribution in [3.05, 3.63) is 21.6 Å². The van der Waals surface area contributed by atoms with Gasteiger partial charge in [-0.05, 0) is 31.6 Å². The number of aromatic nitrogens is 2. The summed E-state index contributed by atoms with van der Waals surface area (Å²) >= 11 is 6.09. The summed E-state index contributed by atoms with van der Waals surface area (Å²) in [6, 6.07) is 0. The fraction of sp³-hybridized carbons (Fsp3) is 0.714. The first-order valence-electron chi connectivity index (χ1n) is 7.11. The van der Waals surface area contributed by atoms with Crippen molar-refractivity contribution in [2.24, 2.45) is 11.8 Å². The topological polar surface area (TPSA) is 46.9 Å². The van der Waals surface area contributed by atoms with E-state index in [1.165, 1.54) is 30.4 Å². The van der Waals surface area contributed by atoms with Crippen molar-refractivity contribution in [1.82, 2.24) is 9.78 Å². The van der Waals surface area contributed by atoms with E-state index in [-0.39, 0.29) is 10.6 Å². The lowest BCUT2D eigenvalue weighted by atomic mass is 9.82. The molecule has 0 bridgehead atoms. The molecule has 1 saturated carbocycles. The molecule has 0 amide bonds. The Morgan fingerprint density at radius 3 is 3.00 bits per heavy atom. The predicted molar refractivity (Wildman–Crippen MR) is 78.8 cm³/mol. The summed E-state index contributed by atoms with van der Waals surface area (Å²) in [5.41, 5.74) is 0.445. The van der Waals surface area contributed by atoms with Crippen molar-refractivity contribution in [3.8, 4) is 0 Å². The van der Waals surface area contributed by atoms with Gasteiger partial charge in [-0.2, -0.15) is 5.10 Å². The summed E-state index contributed by atoms with van der Waals surface area (Å²) in [7, 11) is 0. The standard InChI is InChI=1S/C14H22ClN3O/c1-3-18-14(19)13(15)12(9-17-18)16-8-11-6-4-5-10(2)7-11/h9-11,16H,3-8H2,1-2H3. The zero-order valence-electron chi connectivity index (χ0n) is 11.7. The Hall–Kier alpha value is -1.03. The molecule has 5 heteroatoms. The maximum absolute atomic E-state index is 11.9. The van der Waals surface area contributed by atoms with Crippen LogP contribution in [0.1, 0.15) is 39.5 Å². The third-order valence-corrected chi connectivity index (χ3v) is 4.28. The lowest BCUT2D eigenvalue weighted by molar-refractivity contribution is 0.293. The van der Waals surface area contributed by atoms with Crippen LogP contribution in [0.25, 0.3) is 0 Å². The first-order valence-corrected chi connectivity index (χ1v) is 7.49. The molecule has 1 aliphatic carbocycles. The molecule has 19 heavy (non-hydrogen) atoms. The zero-order chi connectivity index (χ0) is 13.8. The Morgan fingerprint density at radius 2 is 2.32 bits per heavy atom. The van der Waals surface area contributed by atoms with E-state index < -0.39 is 0 Å². The van der Waals surface area contributed by atoms with Crippen molar-refractivity contribution >= 4 is 17.3 Å². The Labute approximate surface area is 119 Å². The van der Waals surface area contributed by atoms with E-state index in [1.807, 2.05) is 6.92 Å². The van der Waals surface area contributed by atoms with Crippen molar-refractivity contribution < 1.29 is 0 Å². The molecule has 0 spiro atoms. The van der Waals surface area contributed by atoms with E-state index in [4.69, 9.17) is 11.6 Å². The first kappa shape index (κ1) is 14.4. The largest absolute Gasteiger partial charge is 0.382 e. The molecule has 1 aromatic rings. The van der Waals surface area contributed by atoms with Gasteiger partial charge < -0.3 is 5.32 Å². The molecule has 0 saturated heterocycles. The van der Waals surface area contributed by atoms with E-state index in [2.05, 4.69) is 17.3 Å². The summed E-state index contributed by atoms with van der Waals surface area (Å²) in [6.07, 6.45) is 6.81. The van der Waals surface area contributed by atoms with Crippen LogP contribution in [0.15, 0.2) is 11.0 Å². The van der Waals surface area contributed by atoms with Crippen molar-refractivity contribution in [1.29, 1.82) is 0 Å². The second-order valence-corrected chi connectivity index (χ2v) is 5.89. The van der Waals surface area contributed by atoms with Crippen LogP contribution in [0.5, 0.6) is 0 Å². The van der Waals surface area contributed by atoms with E-state index in [0.29, 0.717) is 18.2 Å². The minimum absolute atomic E-state index is 0.217. The molecule has 1 aromatic heterocycles. The number of anilines is 1. The van der Waals surface area contributed by atoms with E-state index in [1.54, 1.807) is 6.20 Å². The van der Waals surface area contributed by atoms with Gasteiger partial charge in [0, 0.05) is 13.1 Å². The minimum Gasteiger partial charge on any atom is -0.382 e. The molecule has 1 heterocycles. The van der Waals surface area contributed by atoms with Crippen LogP contribution in [0.3, 0.4) is 0 Å². The Bertz CT molecular complexity index is 486. The maximum atomic E-state index is 11.9. The zero-order valence-corrected chi connectivity index (χ0v) is 12.4. The monoisotopic (exact) mass is 283 g/mol. The molecule has 4 nitrogen and oxygen atoms in total. The first-order chi connectivity index (χ1) is 9.11. The molecule has 1 aliphatic rings. The fourth-order valence-electron chi connectivity index (χ4n) is 2.81. The van der Waals surface area contributed by atoms with Gasteiger partial charge in [-0.3, -0.25) is 4.79 Å². The summed E-state index contributed by atoms with van der Waals surface area (Å²) in [4.78, 5) is 11.9. The SMILES string of the molecule is CCn1ncc(NCC2CCCC(C)C2)c(Cl)c1=O. The highest BCUT2D eigenvalue weighted by Crippen LogP contribution is 2.29. The number of nitrogens with zero attached hydrogens (tertiary/aromatic N) is 2. The van der Waals surface area contributed by atoms with Gasteiger partial charge >= 0.3 is 0 Å². The lowest BCUT2D eigenvalue weighted by Gasteiger charge is -2.27. The van der Waals surface area contributed by atoms with Crippen LogP contribution in [0.4, 0.5) is 5.69 Å². The number of aryl methyl sites for hydroxylation is 1. The maximum Gasteiger partial charge on any atom is 0.287 e. The summed E-state index contributed by atoms with van der Waals surface area (Å²) < 4.78 is 1.37. The highest BCUT2D eigenvalue weighted by atomic mass is 35.5. The van der Waals surface area contributed by atoms with Gasteiger partial charge in [-0.25, -0.2) is 4.68 Å². The molecule has 1 fully saturated rings. The number of hydrogen-bond donors (Lipinski definition) is 1.